The van der Waals surface area contributed by atoms with E-state index in [1.165, 1.54) is 32.1 Å². The molecule has 0 radical (unpaired) electrons. The molecule has 0 aromatic carbocycles. The van der Waals surface area contributed by atoms with Crippen LogP contribution in [0.5, 0.6) is 0 Å². The van der Waals surface area contributed by atoms with E-state index in [2.05, 4.69) is 27.7 Å². The van der Waals surface area contributed by atoms with Gasteiger partial charge in [-0.2, -0.15) is 0 Å². The van der Waals surface area contributed by atoms with E-state index >= 15 is 0 Å². The molecule has 0 saturated carbocycles. The van der Waals surface area contributed by atoms with E-state index in [4.69, 9.17) is 0 Å². The Bertz CT molecular complexity index is 72.1. The summed E-state index contributed by atoms with van der Waals surface area (Å²) < 4.78 is 0. The van der Waals surface area contributed by atoms with Crippen molar-refractivity contribution >= 4 is 0 Å². The van der Waals surface area contributed by atoms with Crippen molar-refractivity contribution in [1.29, 1.82) is 0 Å². The van der Waals surface area contributed by atoms with Crippen molar-refractivity contribution < 1.29 is 0 Å². The standard InChI is InChI=1S/C11H24/c1-5-10(4)8-9-11(6-2)7-3/h10-11H,5-9H2,1-4H3. The molecule has 0 rings (SSSR count). The molecule has 0 saturated heterocycles. The monoisotopic (exact) mass is 156 g/mol. The van der Waals surface area contributed by atoms with Crippen LogP contribution in [-0.4, -0.2) is 0 Å². The van der Waals surface area contributed by atoms with Gasteiger partial charge < -0.3 is 0 Å². The summed E-state index contributed by atoms with van der Waals surface area (Å²) in [6, 6.07) is 0. The van der Waals surface area contributed by atoms with E-state index in [0.717, 1.165) is 11.8 Å². The van der Waals surface area contributed by atoms with E-state index in [1.54, 1.807) is 0 Å². The Morgan fingerprint density at radius 2 is 1.36 bits per heavy atom. The van der Waals surface area contributed by atoms with Gasteiger partial charge in [-0.3, -0.25) is 0 Å². The van der Waals surface area contributed by atoms with Crippen LogP contribution in [0.15, 0.2) is 0 Å². The van der Waals surface area contributed by atoms with E-state index in [0.29, 0.717) is 0 Å². The predicted octanol–water partition coefficient (Wildman–Crippen LogP) is 4.25. The highest BCUT2D eigenvalue weighted by molar-refractivity contribution is 4.58. The van der Waals surface area contributed by atoms with Crippen molar-refractivity contribution in [3.05, 3.63) is 0 Å². The highest BCUT2D eigenvalue weighted by Crippen LogP contribution is 2.19. The highest BCUT2D eigenvalue weighted by atomic mass is 14.1. The molecule has 0 nitrogen and oxygen atoms in total. The fourth-order valence-electron chi connectivity index (χ4n) is 1.42. The van der Waals surface area contributed by atoms with E-state index in [9.17, 15) is 0 Å². The van der Waals surface area contributed by atoms with Crippen molar-refractivity contribution in [1.82, 2.24) is 0 Å². The van der Waals surface area contributed by atoms with Crippen LogP contribution in [-0.2, 0) is 0 Å². The lowest BCUT2D eigenvalue weighted by atomic mass is 9.92. The van der Waals surface area contributed by atoms with Crippen LogP contribution < -0.4 is 0 Å². The first-order valence-electron chi connectivity index (χ1n) is 5.24. The second kappa shape index (κ2) is 6.69. The molecule has 0 aliphatic heterocycles. The summed E-state index contributed by atoms with van der Waals surface area (Å²) in [7, 11) is 0. The number of rotatable bonds is 6. The molecule has 0 N–H and O–H groups in total. The van der Waals surface area contributed by atoms with Gasteiger partial charge in [0.1, 0.15) is 0 Å². The molecule has 68 valence electrons. The summed E-state index contributed by atoms with van der Waals surface area (Å²) in [5, 5.41) is 0. The smallest absolute Gasteiger partial charge is 0.0419 e. The van der Waals surface area contributed by atoms with Gasteiger partial charge in [-0.25, -0.2) is 0 Å². The molecule has 0 amide bonds. The first-order valence-corrected chi connectivity index (χ1v) is 5.24. The summed E-state index contributed by atoms with van der Waals surface area (Å²) in [6.07, 6.45) is 6.96. The third kappa shape index (κ3) is 5.29. The van der Waals surface area contributed by atoms with Crippen LogP contribution in [0.3, 0.4) is 0 Å². The first kappa shape index (κ1) is 11.0. The van der Waals surface area contributed by atoms with E-state index in [1.807, 2.05) is 0 Å². The Balaban J connectivity index is 3.34. The third-order valence-electron chi connectivity index (χ3n) is 2.92. The van der Waals surface area contributed by atoms with Gasteiger partial charge in [-0.1, -0.05) is 59.8 Å². The van der Waals surface area contributed by atoms with Gasteiger partial charge in [0.2, 0.25) is 0 Å². The zero-order chi connectivity index (χ0) is 8.69. The average Bonchev–Trinajstić information content (AvgIpc) is 2.06. The lowest BCUT2D eigenvalue weighted by Crippen LogP contribution is -2.00. The maximum absolute atomic E-state index is 2.36. The summed E-state index contributed by atoms with van der Waals surface area (Å²) in [5.41, 5.74) is 0. The quantitative estimate of drug-likeness (QED) is 0.539. The highest BCUT2D eigenvalue weighted by Gasteiger charge is 2.05. The first-order chi connectivity index (χ1) is 5.24. The fraction of sp³-hybridized carbons (Fsp3) is 1.00. The fourth-order valence-corrected chi connectivity index (χ4v) is 1.42. The van der Waals surface area contributed by atoms with E-state index < -0.39 is 0 Å². The Morgan fingerprint density at radius 3 is 1.73 bits per heavy atom. The predicted molar refractivity (Wildman–Crippen MR) is 52.8 cm³/mol. The van der Waals surface area contributed by atoms with Crippen molar-refractivity contribution in [2.24, 2.45) is 11.8 Å². The molecule has 0 aromatic rings. The van der Waals surface area contributed by atoms with Crippen LogP contribution in [0, 0.1) is 11.8 Å². The second-order valence-electron chi connectivity index (χ2n) is 3.77. The normalized spacial score (nSPS) is 13.9. The molecule has 0 bridgehead atoms. The lowest BCUT2D eigenvalue weighted by molar-refractivity contribution is 0.385. The van der Waals surface area contributed by atoms with Gasteiger partial charge in [-0.15, -0.1) is 0 Å². The van der Waals surface area contributed by atoms with Crippen molar-refractivity contribution in [3.63, 3.8) is 0 Å². The van der Waals surface area contributed by atoms with Gasteiger partial charge in [0.05, 0.1) is 0 Å². The van der Waals surface area contributed by atoms with Crippen LogP contribution in [0.2, 0.25) is 0 Å². The Kier molecular flexibility index (Phi) is 6.69. The SMILES string of the molecule is CCC(C)CCC(CC)CC. The third-order valence-corrected chi connectivity index (χ3v) is 2.92. The second-order valence-corrected chi connectivity index (χ2v) is 3.77. The molecule has 1 unspecified atom stereocenters. The molecule has 0 aromatic heterocycles. The molecule has 0 heteroatoms. The average molecular weight is 156 g/mol. The van der Waals surface area contributed by atoms with Crippen LogP contribution in [0.1, 0.15) is 59.8 Å². The van der Waals surface area contributed by atoms with Gasteiger partial charge >= 0.3 is 0 Å². The molecule has 1 atom stereocenters. The maximum Gasteiger partial charge on any atom is -0.0419 e. The van der Waals surface area contributed by atoms with Gasteiger partial charge in [0.15, 0.2) is 0 Å². The number of hydrogen-bond donors (Lipinski definition) is 0. The molecule has 0 fully saturated rings. The van der Waals surface area contributed by atoms with Gasteiger partial charge in [-0.05, 0) is 11.8 Å². The van der Waals surface area contributed by atoms with Crippen LogP contribution in [0.4, 0.5) is 0 Å². The van der Waals surface area contributed by atoms with Crippen molar-refractivity contribution in [2.45, 2.75) is 59.8 Å². The van der Waals surface area contributed by atoms with E-state index in [-0.39, 0.29) is 0 Å². The topological polar surface area (TPSA) is 0 Å². The summed E-state index contributed by atoms with van der Waals surface area (Å²) in [5.74, 6) is 1.93. The van der Waals surface area contributed by atoms with Crippen molar-refractivity contribution in [3.8, 4) is 0 Å². The molecule has 0 aliphatic carbocycles. The van der Waals surface area contributed by atoms with Crippen LogP contribution in [0.25, 0.3) is 0 Å². The molecule has 11 heavy (non-hydrogen) atoms. The van der Waals surface area contributed by atoms with Crippen molar-refractivity contribution in [2.75, 3.05) is 0 Å². The zero-order valence-electron chi connectivity index (χ0n) is 8.69. The Morgan fingerprint density at radius 1 is 0.818 bits per heavy atom. The molecule has 0 spiro atoms. The maximum atomic E-state index is 2.36. The molecule has 0 aliphatic rings. The van der Waals surface area contributed by atoms with Gasteiger partial charge in [0.25, 0.3) is 0 Å². The van der Waals surface area contributed by atoms with Crippen LogP contribution >= 0.6 is 0 Å². The largest absolute Gasteiger partial charge is 0.0651 e. The minimum absolute atomic E-state index is 0.940. The summed E-state index contributed by atoms with van der Waals surface area (Å²) in [6.45, 7) is 9.27. The Hall–Kier alpha value is 0. The minimum atomic E-state index is 0.940. The number of hydrogen-bond acceptors (Lipinski definition) is 0. The lowest BCUT2D eigenvalue weighted by Gasteiger charge is -2.14. The van der Waals surface area contributed by atoms with Gasteiger partial charge in [0, 0.05) is 0 Å². The summed E-state index contributed by atoms with van der Waals surface area (Å²) in [4.78, 5) is 0. The minimum Gasteiger partial charge on any atom is -0.0651 e. The molecular formula is C11H24. The molecular weight excluding hydrogens is 132 g/mol. The molecule has 0 heterocycles. The Labute approximate surface area is 72.4 Å². The zero-order valence-corrected chi connectivity index (χ0v) is 8.69. The summed E-state index contributed by atoms with van der Waals surface area (Å²) >= 11 is 0.